The zero-order chi connectivity index (χ0) is 14.7. The largest absolute Gasteiger partial charge is 0.393 e. The Morgan fingerprint density at radius 2 is 2.20 bits per heavy atom. The Hall–Kier alpha value is -1.48. The van der Waals surface area contributed by atoms with Crippen molar-refractivity contribution >= 4 is 0 Å². The number of fused-ring (bicyclic) bond motifs is 2. The number of hydrogen-bond acceptors (Lipinski definition) is 6. The molecule has 1 aromatic rings. The van der Waals surface area contributed by atoms with E-state index in [1.54, 1.807) is 13.8 Å². The van der Waals surface area contributed by atoms with Crippen LogP contribution in [0.1, 0.15) is 18.7 Å². The summed E-state index contributed by atoms with van der Waals surface area (Å²) < 4.78 is 12.4. The molecule has 5 atom stereocenters. The molecule has 0 spiro atoms. The SMILES string of the molecule is Cc1cn([C@@H]2O[C@@]3(CO)[C@H](C)O[C@@H]2[C@@H]3O)c(=O)[nH]c1=O. The average Bonchev–Trinajstić information content (AvgIpc) is 2.81. The number of aliphatic hydroxyl groups excluding tert-OH is 2. The van der Waals surface area contributed by atoms with Crippen LogP contribution in [0.15, 0.2) is 15.8 Å². The number of aromatic nitrogens is 2. The molecule has 8 nitrogen and oxygen atoms in total. The van der Waals surface area contributed by atoms with Crippen LogP contribution in [0.3, 0.4) is 0 Å². The number of aliphatic hydroxyl groups is 2. The Balaban J connectivity index is 2.05. The van der Waals surface area contributed by atoms with Gasteiger partial charge in [-0.3, -0.25) is 14.3 Å². The van der Waals surface area contributed by atoms with Crippen molar-refractivity contribution in [2.75, 3.05) is 6.61 Å². The van der Waals surface area contributed by atoms with E-state index in [4.69, 9.17) is 9.47 Å². The maximum Gasteiger partial charge on any atom is 0.330 e. The van der Waals surface area contributed by atoms with Crippen molar-refractivity contribution in [2.24, 2.45) is 0 Å². The van der Waals surface area contributed by atoms with E-state index < -0.39 is 48.0 Å². The summed E-state index contributed by atoms with van der Waals surface area (Å²) >= 11 is 0. The topological polar surface area (TPSA) is 114 Å². The van der Waals surface area contributed by atoms with Gasteiger partial charge in [-0.1, -0.05) is 0 Å². The number of aryl methyl sites for hydroxylation is 1. The molecular formula is C12H16N2O6. The minimum Gasteiger partial charge on any atom is -0.393 e. The van der Waals surface area contributed by atoms with Crippen molar-refractivity contribution in [3.63, 3.8) is 0 Å². The molecule has 0 amide bonds. The molecule has 110 valence electrons. The van der Waals surface area contributed by atoms with Crippen LogP contribution in [0.5, 0.6) is 0 Å². The van der Waals surface area contributed by atoms with Gasteiger partial charge in [0, 0.05) is 11.8 Å². The van der Waals surface area contributed by atoms with E-state index >= 15 is 0 Å². The highest BCUT2D eigenvalue weighted by atomic mass is 16.7. The van der Waals surface area contributed by atoms with Crippen LogP contribution in [0.25, 0.3) is 0 Å². The number of ether oxygens (including phenoxy) is 2. The van der Waals surface area contributed by atoms with E-state index in [1.807, 2.05) is 0 Å². The van der Waals surface area contributed by atoms with Crippen molar-refractivity contribution in [2.45, 2.75) is 44.0 Å². The molecule has 0 unspecified atom stereocenters. The fourth-order valence-electron chi connectivity index (χ4n) is 2.87. The number of H-pyrrole nitrogens is 1. The van der Waals surface area contributed by atoms with E-state index in [-0.39, 0.29) is 0 Å². The molecule has 0 radical (unpaired) electrons. The smallest absolute Gasteiger partial charge is 0.330 e. The summed E-state index contributed by atoms with van der Waals surface area (Å²) in [5.74, 6) is 0. The van der Waals surface area contributed by atoms with Gasteiger partial charge in [-0.15, -0.1) is 0 Å². The Morgan fingerprint density at radius 3 is 2.80 bits per heavy atom. The first kappa shape index (κ1) is 13.5. The molecule has 3 N–H and O–H groups in total. The lowest BCUT2D eigenvalue weighted by Crippen LogP contribution is -2.50. The van der Waals surface area contributed by atoms with Crippen LogP contribution in [-0.2, 0) is 9.47 Å². The van der Waals surface area contributed by atoms with Crippen LogP contribution in [0.2, 0.25) is 0 Å². The Labute approximate surface area is 113 Å². The van der Waals surface area contributed by atoms with Crippen molar-refractivity contribution in [3.05, 3.63) is 32.6 Å². The molecule has 2 aliphatic heterocycles. The van der Waals surface area contributed by atoms with Crippen molar-refractivity contribution < 1.29 is 19.7 Å². The van der Waals surface area contributed by atoms with Crippen molar-refractivity contribution in [1.29, 1.82) is 0 Å². The highest BCUT2D eigenvalue weighted by Crippen LogP contribution is 2.47. The van der Waals surface area contributed by atoms with Crippen molar-refractivity contribution in [1.82, 2.24) is 9.55 Å². The van der Waals surface area contributed by atoms with Gasteiger partial charge in [-0.2, -0.15) is 0 Å². The Morgan fingerprint density at radius 1 is 1.50 bits per heavy atom. The normalized spacial score (nSPS) is 39.4. The molecule has 20 heavy (non-hydrogen) atoms. The number of rotatable bonds is 2. The zero-order valence-corrected chi connectivity index (χ0v) is 11.1. The second kappa shape index (κ2) is 4.26. The van der Waals surface area contributed by atoms with E-state index in [1.165, 1.54) is 10.8 Å². The van der Waals surface area contributed by atoms with E-state index in [9.17, 15) is 19.8 Å². The zero-order valence-electron chi connectivity index (χ0n) is 11.1. The fraction of sp³-hybridized carbons (Fsp3) is 0.667. The summed E-state index contributed by atoms with van der Waals surface area (Å²) in [5.41, 5.74) is -2.01. The van der Waals surface area contributed by atoms with E-state index in [0.29, 0.717) is 5.56 Å². The molecule has 2 saturated heterocycles. The van der Waals surface area contributed by atoms with Gasteiger partial charge in [0.1, 0.15) is 17.8 Å². The van der Waals surface area contributed by atoms with E-state index in [2.05, 4.69) is 4.98 Å². The minimum atomic E-state index is -1.24. The average molecular weight is 284 g/mol. The summed E-state index contributed by atoms with van der Waals surface area (Å²) in [4.78, 5) is 25.4. The van der Waals surface area contributed by atoms with Crippen LogP contribution >= 0.6 is 0 Å². The van der Waals surface area contributed by atoms with Gasteiger partial charge in [0.2, 0.25) is 0 Å². The first-order valence-electron chi connectivity index (χ1n) is 6.35. The first-order valence-corrected chi connectivity index (χ1v) is 6.35. The lowest BCUT2D eigenvalue weighted by atomic mass is 9.95. The number of nitrogens with one attached hydrogen (secondary N) is 1. The summed E-state index contributed by atoms with van der Waals surface area (Å²) in [5, 5.41) is 19.7. The summed E-state index contributed by atoms with van der Waals surface area (Å²) in [7, 11) is 0. The van der Waals surface area contributed by atoms with E-state index in [0.717, 1.165) is 0 Å². The summed E-state index contributed by atoms with van der Waals surface area (Å²) in [6.07, 6.45) is -1.80. The predicted molar refractivity (Wildman–Crippen MR) is 66.3 cm³/mol. The molecule has 8 heteroatoms. The first-order chi connectivity index (χ1) is 9.40. The molecule has 2 aliphatic rings. The molecular weight excluding hydrogens is 268 g/mol. The third-order valence-electron chi connectivity index (χ3n) is 4.15. The lowest BCUT2D eigenvalue weighted by Gasteiger charge is -2.34. The molecule has 0 saturated carbocycles. The standard InChI is InChI=1S/C12H16N2O6/c1-5-3-14(11(18)13-9(5)17)10-7-8(16)12(4-15,20-10)6(2)19-7/h3,6-8,10,15-16H,4H2,1-2H3,(H,13,17,18)/t6-,7+,8-,10+,12-/m0/s1. The highest BCUT2D eigenvalue weighted by Gasteiger charge is 2.65. The quantitative estimate of drug-likeness (QED) is 0.593. The van der Waals surface area contributed by atoms with Gasteiger partial charge in [0.15, 0.2) is 6.23 Å². The summed E-state index contributed by atoms with van der Waals surface area (Å²) in [6, 6.07) is 0. The molecule has 3 heterocycles. The molecule has 0 aliphatic carbocycles. The fourth-order valence-corrected chi connectivity index (χ4v) is 2.87. The molecule has 1 aromatic heterocycles. The Bertz CT molecular complexity index is 652. The number of hydrogen-bond donors (Lipinski definition) is 3. The van der Waals surface area contributed by atoms with Gasteiger partial charge in [-0.25, -0.2) is 4.79 Å². The second-order valence-electron chi connectivity index (χ2n) is 5.29. The van der Waals surface area contributed by atoms with Crippen LogP contribution < -0.4 is 11.2 Å². The maximum absolute atomic E-state index is 11.9. The number of aromatic amines is 1. The van der Waals surface area contributed by atoms with Gasteiger partial charge < -0.3 is 19.7 Å². The Kier molecular flexibility index (Phi) is 2.87. The van der Waals surface area contributed by atoms with Gasteiger partial charge in [0.05, 0.1) is 12.7 Å². The third-order valence-corrected chi connectivity index (χ3v) is 4.15. The predicted octanol–water partition coefficient (Wildman–Crippen LogP) is -1.75. The van der Waals surface area contributed by atoms with Crippen molar-refractivity contribution in [3.8, 4) is 0 Å². The minimum absolute atomic E-state index is 0.344. The van der Waals surface area contributed by atoms with Gasteiger partial charge in [-0.05, 0) is 13.8 Å². The van der Waals surface area contributed by atoms with Crippen LogP contribution in [0.4, 0.5) is 0 Å². The summed E-state index contributed by atoms with van der Waals surface area (Å²) in [6.45, 7) is 2.83. The molecule has 2 fully saturated rings. The third kappa shape index (κ3) is 1.56. The molecule has 2 bridgehead atoms. The lowest BCUT2D eigenvalue weighted by molar-refractivity contribution is -0.218. The molecule has 3 rings (SSSR count). The van der Waals surface area contributed by atoms with Crippen LogP contribution in [-0.4, -0.2) is 50.3 Å². The van der Waals surface area contributed by atoms with Crippen LogP contribution in [0, 0.1) is 6.92 Å². The number of nitrogens with zero attached hydrogens (tertiary/aromatic N) is 1. The monoisotopic (exact) mass is 284 g/mol. The maximum atomic E-state index is 11.9. The molecule has 0 aromatic carbocycles. The second-order valence-corrected chi connectivity index (χ2v) is 5.29. The van der Waals surface area contributed by atoms with Gasteiger partial charge in [0.25, 0.3) is 5.56 Å². The van der Waals surface area contributed by atoms with Gasteiger partial charge >= 0.3 is 5.69 Å². The highest BCUT2D eigenvalue weighted by molar-refractivity contribution is 5.12.